The van der Waals surface area contributed by atoms with Crippen molar-refractivity contribution in [1.82, 2.24) is 0 Å². The summed E-state index contributed by atoms with van der Waals surface area (Å²) < 4.78 is 4.41. The minimum atomic E-state index is -0.606. The summed E-state index contributed by atoms with van der Waals surface area (Å²) in [4.78, 5) is 22.1. The monoisotopic (exact) mass is 300 g/mol. The van der Waals surface area contributed by atoms with Gasteiger partial charge in [0.15, 0.2) is 0 Å². The molecule has 0 radical (unpaired) electrons. The lowest BCUT2D eigenvalue weighted by Crippen LogP contribution is -2.00. The number of cyclic esters (lactones) is 2. The van der Waals surface area contributed by atoms with Crippen LogP contribution in [0.5, 0.6) is 0 Å². The number of hydrogen-bond donors (Lipinski definition) is 0. The average molecular weight is 300 g/mol. The second kappa shape index (κ2) is 9.01. The Morgan fingerprint density at radius 2 is 1.77 bits per heavy atom. The average Bonchev–Trinajstić information content (AvgIpc) is 2.74. The van der Waals surface area contributed by atoms with Crippen molar-refractivity contribution >= 4 is 11.9 Å². The lowest BCUT2D eigenvalue weighted by molar-refractivity contribution is -0.150. The molecule has 1 heterocycles. The van der Waals surface area contributed by atoms with Crippen molar-refractivity contribution in [3.05, 3.63) is 52.3 Å². The largest absolute Gasteiger partial charge is 0.386 e. The molecule has 3 nitrogen and oxygen atoms in total. The highest BCUT2D eigenvalue weighted by Crippen LogP contribution is 2.12. The van der Waals surface area contributed by atoms with E-state index in [-0.39, 0.29) is 5.57 Å². The molecule has 0 aliphatic carbocycles. The van der Waals surface area contributed by atoms with Crippen molar-refractivity contribution in [2.45, 2.75) is 53.4 Å². The minimum Gasteiger partial charge on any atom is -0.386 e. The molecule has 0 aromatic heterocycles. The van der Waals surface area contributed by atoms with Crippen LogP contribution in [-0.2, 0) is 14.3 Å². The number of rotatable bonds is 7. The maximum absolute atomic E-state index is 11.2. The van der Waals surface area contributed by atoms with Gasteiger partial charge < -0.3 is 4.74 Å². The molecule has 0 amide bonds. The van der Waals surface area contributed by atoms with E-state index in [0.29, 0.717) is 0 Å². The van der Waals surface area contributed by atoms with Crippen LogP contribution in [0.2, 0.25) is 0 Å². The van der Waals surface area contributed by atoms with Crippen LogP contribution in [0.15, 0.2) is 52.3 Å². The number of hydrogen-bond acceptors (Lipinski definition) is 3. The first-order valence-electron chi connectivity index (χ1n) is 7.57. The Labute approximate surface area is 132 Å². The second-order valence-corrected chi connectivity index (χ2v) is 5.79. The summed E-state index contributed by atoms with van der Waals surface area (Å²) in [6.45, 7) is 8.34. The molecule has 22 heavy (non-hydrogen) atoms. The molecule has 0 aromatic carbocycles. The molecule has 1 aliphatic rings. The standard InChI is InChI=1S/C19H24O3/c1-14(2)7-5-8-15(3)9-6-10-16(4)11-12-17-13-18(20)22-19(17)21/h7,9,12-13H,5-6,8,10H2,1-4H3. The summed E-state index contributed by atoms with van der Waals surface area (Å²) in [5, 5.41) is 0. The van der Waals surface area contributed by atoms with Crippen LogP contribution in [0, 0.1) is 0 Å². The van der Waals surface area contributed by atoms with Gasteiger partial charge in [-0.3, -0.25) is 0 Å². The van der Waals surface area contributed by atoms with Crippen LogP contribution in [-0.4, -0.2) is 11.9 Å². The van der Waals surface area contributed by atoms with Crippen LogP contribution >= 0.6 is 0 Å². The second-order valence-electron chi connectivity index (χ2n) is 5.79. The van der Waals surface area contributed by atoms with Crippen LogP contribution < -0.4 is 0 Å². The predicted octanol–water partition coefficient (Wildman–Crippen LogP) is 4.57. The van der Waals surface area contributed by atoms with Crippen molar-refractivity contribution < 1.29 is 14.3 Å². The Bertz CT molecular complexity index is 590. The van der Waals surface area contributed by atoms with Crippen LogP contribution in [0.25, 0.3) is 0 Å². The first-order valence-corrected chi connectivity index (χ1v) is 7.57. The summed E-state index contributed by atoms with van der Waals surface area (Å²) in [6, 6.07) is 0. The van der Waals surface area contributed by atoms with Gasteiger partial charge in [0.1, 0.15) is 0 Å². The van der Waals surface area contributed by atoms with Gasteiger partial charge in [-0.05, 0) is 65.0 Å². The molecular weight excluding hydrogens is 276 g/mol. The Morgan fingerprint density at radius 3 is 2.36 bits per heavy atom. The zero-order valence-electron chi connectivity index (χ0n) is 13.9. The van der Waals surface area contributed by atoms with E-state index < -0.39 is 11.9 Å². The van der Waals surface area contributed by atoms with E-state index in [2.05, 4.69) is 43.4 Å². The maximum Gasteiger partial charge on any atom is 0.346 e. The SMILES string of the molecule is CC(=C=CC1=CC(=O)OC1=O)CCC=C(C)CCC=C(C)C. The first-order chi connectivity index (χ1) is 10.4. The fourth-order valence-electron chi connectivity index (χ4n) is 1.97. The highest BCUT2D eigenvalue weighted by atomic mass is 16.6. The van der Waals surface area contributed by atoms with Crippen molar-refractivity contribution in [1.29, 1.82) is 0 Å². The summed E-state index contributed by atoms with van der Waals surface area (Å²) in [5.41, 5.74) is 7.09. The van der Waals surface area contributed by atoms with Gasteiger partial charge >= 0.3 is 11.9 Å². The maximum atomic E-state index is 11.2. The van der Waals surface area contributed by atoms with Gasteiger partial charge in [0, 0.05) is 6.08 Å². The third-order valence-corrected chi connectivity index (χ3v) is 3.28. The van der Waals surface area contributed by atoms with Crippen molar-refractivity contribution in [2.75, 3.05) is 0 Å². The van der Waals surface area contributed by atoms with E-state index in [9.17, 15) is 9.59 Å². The van der Waals surface area contributed by atoms with E-state index in [1.54, 1.807) is 0 Å². The Morgan fingerprint density at radius 1 is 1.09 bits per heavy atom. The van der Waals surface area contributed by atoms with Crippen molar-refractivity contribution in [3.63, 3.8) is 0 Å². The number of allylic oxidation sites excluding steroid dienone is 4. The zero-order valence-corrected chi connectivity index (χ0v) is 13.9. The molecule has 0 spiro atoms. The van der Waals surface area contributed by atoms with E-state index >= 15 is 0 Å². The van der Waals surface area contributed by atoms with Crippen LogP contribution in [0.4, 0.5) is 0 Å². The molecule has 0 atom stereocenters. The molecule has 0 fully saturated rings. The molecule has 3 heteroatoms. The highest BCUT2D eigenvalue weighted by Gasteiger charge is 2.20. The Hall–Kier alpha value is -2.12. The molecule has 0 N–H and O–H groups in total. The quantitative estimate of drug-likeness (QED) is 0.299. The number of carbonyl (C=O) groups is 2. The van der Waals surface area contributed by atoms with Crippen molar-refractivity contribution in [2.24, 2.45) is 0 Å². The zero-order chi connectivity index (χ0) is 16.5. The number of carbonyl (C=O) groups excluding carboxylic acids is 2. The van der Waals surface area contributed by atoms with Gasteiger partial charge in [-0.2, -0.15) is 0 Å². The van der Waals surface area contributed by atoms with Gasteiger partial charge in [0.2, 0.25) is 0 Å². The molecule has 0 bridgehead atoms. The molecule has 1 aliphatic heterocycles. The van der Waals surface area contributed by atoms with Gasteiger partial charge in [0.05, 0.1) is 5.57 Å². The molecule has 118 valence electrons. The highest BCUT2D eigenvalue weighted by molar-refractivity contribution is 6.10. The third kappa shape index (κ3) is 7.05. The smallest absolute Gasteiger partial charge is 0.346 e. The first kappa shape index (κ1) is 17.9. The van der Waals surface area contributed by atoms with Gasteiger partial charge in [0.25, 0.3) is 0 Å². The van der Waals surface area contributed by atoms with E-state index in [0.717, 1.165) is 31.3 Å². The fraction of sp³-hybridized carbons (Fsp3) is 0.421. The molecule has 0 saturated heterocycles. The van der Waals surface area contributed by atoms with Crippen LogP contribution in [0.3, 0.4) is 0 Å². The van der Waals surface area contributed by atoms with Gasteiger partial charge in [-0.1, -0.05) is 23.3 Å². The van der Waals surface area contributed by atoms with Crippen molar-refractivity contribution in [3.8, 4) is 0 Å². The fourth-order valence-corrected chi connectivity index (χ4v) is 1.97. The van der Waals surface area contributed by atoms with Gasteiger partial charge in [-0.15, -0.1) is 5.73 Å². The van der Waals surface area contributed by atoms with Crippen LogP contribution in [0.1, 0.15) is 53.4 Å². The lowest BCUT2D eigenvalue weighted by atomic mass is 10.1. The summed E-state index contributed by atoms with van der Waals surface area (Å²) >= 11 is 0. The summed E-state index contributed by atoms with van der Waals surface area (Å²) in [6.07, 6.45) is 11.2. The van der Waals surface area contributed by atoms with Gasteiger partial charge in [-0.25, -0.2) is 9.59 Å². The Kier molecular flexibility index (Phi) is 7.34. The minimum absolute atomic E-state index is 0.262. The topological polar surface area (TPSA) is 43.4 Å². The Balaban J connectivity index is 2.45. The molecule has 0 unspecified atom stereocenters. The summed E-state index contributed by atoms with van der Waals surface area (Å²) in [7, 11) is 0. The van der Waals surface area contributed by atoms with E-state index in [4.69, 9.17) is 0 Å². The third-order valence-electron chi connectivity index (χ3n) is 3.28. The molecule has 0 saturated carbocycles. The van der Waals surface area contributed by atoms with E-state index in [1.807, 2.05) is 6.92 Å². The number of ether oxygens (including phenoxy) is 1. The predicted molar refractivity (Wildman–Crippen MR) is 88.1 cm³/mol. The van der Waals surface area contributed by atoms with E-state index in [1.165, 1.54) is 23.3 Å². The number of esters is 2. The lowest BCUT2D eigenvalue weighted by Gasteiger charge is -1.99. The molecular formula is C19H24O3. The summed E-state index contributed by atoms with van der Waals surface area (Å²) in [5.74, 6) is -1.20. The molecule has 1 rings (SSSR count). The normalized spacial score (nSPS) is 14.2. The molecule has 0 aromatic rings.